The van der Waals surface area contributed by atoms with Crippen LogP contribution in [0.15, 0.2) is 47.4 Å². The summed E-state index contributed by atoms with van der Waals surface area (Å²) in [6, 6.07) is 10.7. The molecule has 32 heavy (non-hydrogen) atoms. The molecule has 2 aromatic rings. The van der Waals surface area contributed by atoms with E-state index in [1.165, 1.54) is 28.6 Å². The molecule has 0 aromatic heterocycles. The van der Waals surface area contributed by atoms with Crippen molar-refractivity contribution in [2.75, 3.05) is 25.0 Å². The predicted molar refractivity (Wildman–Crippen MR) is 123 cm³/mol. The van der Waals surface area contributed by atoms with Gasteiger partial charge in [0.2, 0.25) is 10.0 Å². The summed E-state index contributed by atoms with van der Waals surface area (Å²) in [4.78, 5) is 24.5. The molecule has 2 aromatic carbocycles. The van der Waals surface area contributed by atoms with Gasteiger partial charge >= 0.3 is 5.97 Å². The molecule has 0 unspecified atom stereocenters. The van der Waals surface area contributed by atoms with Crippen LogP contribution in [0.2, 0.25) is 5.02 Å². The van der Waals surface area contributed by atoms with E-state index in [2.05, 4.69) is 5.32 Å². The molecule has 3 rings (SSSR count). The summed E-state index contributed by atoms with van der Waals surface area (Å²) in [5.41, 5.74) is 1.41. The summed E-state index contributed by atoms with van der Waals surface area (Å²) in [7, 11) is -3.63. The van der Waals surface area contributed by atoms with E-state index in [0.29, 0.717) is 41.2 Å². The Morgan fingerprint density at radius 1 is 1.09 bits per heavy atom. The van der Waals surface area contributed by atoms with E-state index in [9.17, 15) is 18.0 Å². The van der Waals surface area contributed by atoms with Crippen LogP contribution in [0.3, 0.4) is 0 Å². The van der Waals surface area contributed by atoms with Crippen LogP contribution < -0.4 is 5.32 Å². The lowest BCUT2D eigenvalue weighted by Gasteiger charge is -2.34. The lowest BCUT2D eigenvalue weighted by molar-refractivity contribution is -0.119. The number of nitrogens with zero attached hydrogens (tertiary/aromatic N) is 1. The average Bonchev–Trinajstić information content (AvgIpc) is 2.74. The number of anilines is 1. The highest BCUT2D eigenvalue weighted by Gasteiger charge is 2.31. The van der Waals surface area contributed by atoms with E-state index in [0.717, 1.165) is 6.42 Å². The Kier molecular flexibility index (Phi) is 7.59. The molecule has 1 amide bonds. The second-order valence-corrected chi connectivity index (χ2v) is 10.7. The predicted octanol–water partition coefficient (Wildman–Crippen LogP) is 4.11. The van der Waals surface area contributed by atoms with Gasteiger partial charge in [-0.3, -0.25) is 4.79 Å². The third kappa shape index (κ3) is 5.68. The molecule has 172 valence electrons. The van der Waals surface area contributed by atoms with E-state index < -0.39 is 28.5 Å². The van der Waals surface area contributed by atoms with Crippen LogP contribution in [0, 0.1) is 18.8 Å². The number of halogens is 1. The summed E-state index contributed by atoms with van der Waals surface area (Å²) in [6.45, 7) is 6.34. The Hall–Kier alpha value is -2.42. The molecule has 0 bridgehead atoms. The molecule has 0 radical (unpaired) electrons. The summed E-state index contributed by atoms with van der Waals surface area (Å²) in [5.74, 6) is -0.627. The zero-order valence-corrected chi connectivity index (χ0v) is 19.9. The van der Waals surface area contributed by atoms with Crippen LogP contribution in [-0.2, 0) is 19.6 Å². The van der Waals surface area contributed by atoms with Gasteiger partial charge in [0.25, 0.3) is 5.91 Å². The minimum Gasteiger partial charge on any atom is -0.452 e. The molecule has 0 spiro atoms. The third-order valence-corrected chi connectivity index (χ3v) is 7.69. The Labute approximate surface area is 193 Å². The van der Waals surface area contributed by atoms with Gasteiger partial charge in [0.1, 0.15) is 0 Å². The fourth-order valence-electron chi connectivity index (χ4n) is 3.86. The maximum absolute atomic E-state index is 12.9. The number of benzene rings is 2. The highest BCUT2D eigenvalue weighted by molar-refractivity contribution is 7.89. The summed E-state index contributed by atoms with van der Waals surface area (Å²) in [5, 5.41) is 3.16. The van der Waals surface area contributed by atoms with Gasteiger partial charge in [-0.15, -0.1) is 0 Å². The maximum Gasteiger partial charge on any atom is 0.338 e. The van der Waals surface area contributed by atoms with Gasteiger partial charge in [-0.2, -0.15) is 4.31 Å². The number of amides is 1. The fraction of sp³-hybridized carbons (Fsp3) is 0.391. The van der Waals surface area contributed by atoms with Gasteiger partial charge in [-0.25, -0.2) is 13.2 Å². The molecule has 2 atom stereocenters. The molecule has 7 nitrogen and oxygen atoms in total. The van der Waals surface area contributed by atoms with Crippen molar-refractivity contribution in [1.29, 1.82) is 0 Å². The molecule has 0 aliphatic carbocycles. The van der Waals surface area contributed by atoms with Crippen molar-refractivity contribution in [3.63, 3.8) is 0 Å². The Morgan fingerprint density at radius 3 is 2.34 bits per heavy atom. The molecule has 1 aliphatic rings. The number of sulfonamides is 1. The van der Waals surface area contributed by atoms with Gasteiger partial charge in [-0.05, 0) is 67.1 Å². The van der Waals surface area contributed by atoms with Crippen molar-refractivity contribution >= 4 is 39.2 Å². The number of carbonyl (C=O) groups is 2. The first-order valence-corrected chi connectivity index (χ1v) is 12.2. The van der Waals surface area contributed by atoms with E-state index in [-0.39, 0.29) is 10.5 Å². The highest BCUT2D eigenvalue weighted by Crippen LogP contribution is 2.27. The van der Waals surface area contributed by atoms with E-state index >= 15 is 0 Å². The number of carbonyl (C=O) groups excluding carboxylic acids is 2. The quantitative estimate of drug-likeness (QED) is 0.630. The van der Waals surface area contributed by atoms with Gasteiger partial charge in [0.15, 0.2) is 6.61 Å². The summed E-state index contributed by atoms with van der Waals surface area (Å²) < 4.78 is 32.5. The van der Waals surface area contributed by atoms with Gasteiger partial charge < -0.3 is 10.1 Å². The second-order valence-electron chi connectivity index (χ2n) is 8.33. The topological polar surface area (TPSA) is 92.8 Å². The standard InChI is InChI=1S/C23H27ClN2O5S/c1-15-11-16(2)13-26(12-15)32(29,30)19-9-7-18(8-10-19)23(28)31-14-22(27)25-21-6-4-5-20(24)17(21)3/h4-10,15-16H,11-14H2,1-3H3,(H,25,27)/t15-,16-/m0/s1. The largest absolute Gasteiger partial charge is 0.452 e. The monoisotopic (exact) mass is 478 g/mol. The van der Waals surface area contributed by atoms with Crippen LogP contribution in [0.4, 0.5) is 5.69 Å². The first-order chi connectivity index (χ1) is 15.1. The van der Waals surface area contributed by atoms with Crippen LogP contribution in [0.5, 0.6) is 0 Å². The Balaban J connectivity index is 1.60. The lowest BCUT2D eigenvalue weighted by Crippen LogP contribution is -2.42. The molecule has 1 N–H and O–H groups in total. The Bertz CT molecular complexity index is 1090. The smallest absolute Gasteiger partial charge is 0.338 e. The zero-order chi connectivity index (χ0) is 23.5. The average molecular weight is 479 g/mol. The number of hydrogen-bond acceptors (Lipinski definition) is 5. The molecule has 1 saturated heterocycles. The van der Waals surface area contributed by atoms with Crippen molar-refractivity contribution in [3.05, 3.63) is 58.6 Å². The van der Waals surface area contributed by atoms with Gasteiger partial charge in [-0.1, -0.05) is 31.5 Å². The zero-order valence-electron chi connectivity index (χ0n) is 18.3. The SMILES string of the molecule is Cc1c(Cl)cccc1NC(=O)COC(=O)c1ccc(S(=O)(=O)N2C[C@@H](C)C[C@H](C)C2)cc1. The fourth-order valence-corrected chi connectivity index (χ4v) is 5.71. The molecule has 1 fully saturated rings. The number of piperidine rings is 1. The van der Waals surface area contributed by atoms with Crippen LogP contribution in [0.25, 0.3) is 0 Å². The van der Waals surface area contributed by atoms with Crippen molar-refractivity contribution in [2.24, 2.45) is 11.8 Å². The minimum absolute atomic E-state index is 0.129. The molecule has 0 saturated carbocycles. The molecule has 1 aliphatic heterocycles. The highest BCUT2D eigenvalue weighted by atomic mass is 35.5. The Morgan fingerprint density at radius 2 is 1.72 bits per heavy atom. The molecular formula is C23H27ClN2O5S. The van der Waals surface area contributed by atoms with Crippen LogP contribution >= 0.6 is 11.6 Å². The normalized spacial score (nSPS) is 19.4. The van der Waals surface area contributed by atoms with Crippen molar-refractivity contribution in [3.8, 4) is 0 Å². The molecule has 9 heteroatoms. The summed E-state index contributed by atoms with van der Waals surface area (Å²) in [6.07, 6.45) is 1.00. The third-order valence-electron chi connectivity index (χ3n) is 5.44. The van der Waals surface area contributed by atoms with Crippen molar-refractivity contribution in [2.45, 2.75) is 32.1 Å². The maximum atomic E-state index is 12.9. The first kappa shape index (κ1) is 24.2. The molecular weight excluding hydrogens is 452 g/mol. The minimum atomic E-state index is -3.63. The van der Waals surface area contributed by atoms with E-state index in [1.54, 1.807) is 25.1 Å². The number of rotatable bonds is 6. The van der Waals surface area contributed by atoms with E-state index in [1.807, 2.05) is 13.8 Å². The second kappa shape index (κ2) is 10.0. The number of nitrogens with one attached hydrogen (secondary N) is 1. The van der Waals surface area contributed by atoms with Crippen LogP contribution in [0.1, 0.15) is 36.2 Å². The van der Waals surface area contributed by atoms with E-state index in [4.69, 9.17) is 16.3 Å². The van der Waals surface area contributed by atoms with Gasteiger partial charge in [0, 0.05) is 23.8 Å². The summed E-state index contributed by atoms with van der Waals surface area (Å²) >= 11 is 6.03. The van der Waals surface area contributed by atoms with Crippen molar-refractivity contribution < 1.29 is 22.7 Å². The number of hydrogen-bond donors (Lipinski definition) is 1. The van der Waals surface area contributed by atoms with Crippen molar-refractivity contribution in [1.82, 2.24) is 4.31 Å². The van der Waals surface area contributed by atoms with Gasteiger partial charge in [0.05, 0.1) is 10.5 Å². The number of esters is 1. The molecule has 1 heterocycles. The lowest BCUT2D eigenvalue weighted by atomic mass is 9.94. The van der Waals surface area contributed by atoms with Crippen LogP contribution in [-0.4, -0.2) is 44.3 Å². The first-order valence-electron chi connectivity index (χ1n) is 10.4. The number of ether oxygens (including phenoxy) is 1.